The largest absolute Gasteiger partial charge is 0.489 e. The van der Waals surface area contributed by atoms with E-state index >= 15 is 0 Å². The smallest absolute Gasteiger partial charge is 0.251 e. The van der Waals surface area contributed by atoms with Gasteiger partial charge in [-0.3, -0.25) is 9.48 Å². The summed E-state index contributed by atoms with van der Waals surface area (Å²) in [6.07, 6.45) is 1.77. The van der Waals surface area contributed by atoms with Crippen molar-refractivity contribution in [2.45, 2.75) is 20.1 Å². The number of halogens is 1. The molecule has 0 spiro atoms. The van der Waals surface area contributed by atoms with Crippen molar-refractivity contribution in [3.8, 4) is 5.75 Å². The Labute approximate surface area is 157 Å². The number of hydrogen-bond donors (Lipinski definition) is 1. The maximum atomic E-state index is 12.3. The summed E-state index contributed by atoms with van der Waals surface area (Å²) < 4.78 is 7.49. The molecule has 0 unspecified atom stereocenters. The summed E-state index contributed by atoms with van der Waals surface area (Å²) in [7, 11) is 1.88. The second-order valence-corrected chi connectivity index (χ2v) is 6.44. The molecular weight excluding hydrogens is 350 g/mol. The quantitative estimate of drug-likeness (QED) is 0.717. The minimum Gasteiger partial charge on any atom is -0.489 e. The van der Waals surface area contributed by atoms with E-state index in [2.05, 4.69) is 10.4 Å². The van der Waals surface area contributed by atoms with Crippen LogP contribution in [0.2, 0.25) is 5.02 Å². The van der Waals surface area contributed by atoms with E-state index in [4.69, 9.17) is 16.3 Å². The van der Waals surface area contributed by atoms with E-state index in [1.54, 1.807) is 35.1 Å². The molecule has 1 N–H and O–H groups in total. The van der Waals surface area contributed by atoms with Crippen molar-refractivity contribution in [1.82, 2.24) is 15.1 Å². The Hall–Kier alpha value is -2.79. The maximum Gasteiger partial charge on any atom is 0.251 e. The number of benzene rings is 2. The van der Waals surface area contributed by atoms with Gasteiger partial charge in [0, 0.05) is 35.4 Å². The molecule has 0 aliphatic heterocycles. The molecule has 6 heteroatoms. The fourth-order valence-electron chi connectivity index (χ4n) is 2.47. The zero-order valence-electron chi connectivity index (χ0n) is 14.7. The molecule has 3 aromatic rings. The van der Waals surface area contributed by atoms with E-state index in [9.17, 15) is 4.79 Å². The summed E-state index contributed by atoms with van der Waals surface area (Å²) in [6.45, 7) is 2.85. The van der Waals surface area contributed by atoms with Crippen molar-refractivity contribution >= 4 is 17.5 Å². The monoisotopic (exact) mass is 369 g/mol. The van der Waals surface area contributed by atoms with E-state index in [1.807, 2.05) is 38.2 Å². The molecular formula is C20H20ClN3O2. The number of aromatic nitrogens is 2. The maximum absolute atomic E-state index is 12.3. The molecule has 0 fully saturated rings. The van der Waals surface area contributed by atoms with Crippen LogP contribution in [-0.2, 0) is 20.2 Å². The van der Waals surface area contributed by atoms with Crippen molar-refractivity contribution < 1.29 is 9.53 Å². The number of rotatable bonds is 6. The highest BCUT2D eigenvalue weighted by molar-refractivity contribution is 6.30. The minimum absolute atomic E-state index is 0.115. The predicted octanol–water partition coefficient (Wildman–Crippen LogP) is 3.89. The molecule has 0 bridgehead atoms. The number of carbonyl (C=O) groups excluding carboxylic acids is 1. The van der Waals surface area contributed by atoms with Crippen LogP contribution < -0.4 is 10.1 Å². The number of carbonyl (C=O) groups is 1. The van der Waals surface area contributed by atoms with Gasteiger partial charge >= 0.3 is 0 Å². The Kier molecular flexibility index (Phi) is 5.58. The second-order valence-electron chi connectivity index (χ2n) is 6.00. The van der Waals surface area contributed by atoms with Crippen LogP contribution in [0, 0.1) is 6.92 Å². The van der Waals surface area contributed by atoms with E-state index in [-0.39, 0.29) is 5.91 Å². The highest BCUT2D eigenvalue weighted by Crippen LogP contribution is 2.18. The average Bonchev–Trinajstić information content (AvgIpc) is 2.97. The summed E-state index contributed by atoms with van der Waals surface area (Å²) in [5, 5.41) is 7.72. The Morgan fingerprint density at radius 1 is 1.23 bits per heavy atom. The van der Waals surface area contributed by atoms with Crippen molar-refractivity contribution in [2.24, 2.45) is 7.05 Å². The number of nitrogens with zero attached hydrogens (tertiary/aromatic N) is 2. The van der Waals surface area contributed by atoms with Crippen LogP contribution in [0.25, 0.3) is 0 Å². The van der Waals surface area contributed by atoms with Crippen LogP contribution >= 0.6 is 11.6 Å². The topological polar surface area (TPSA) is 56.1 Å². The average molecular weight is 370 g/mol. The molecule has 3 rings (SSSR count). The van der Waals surface area contributed by atoms with Gasteiger partial charge in [-0.2, -0.15) is 5.10 Å². The Morgan fingerprint density at radius 3 is 2.65 bits per heavy atom. The van der Waals surface area contributed by atoms with Crippen LogP contribution in [-0.4, -0.2) is 15.7 Å². The molecule has 0 radical (unpaired) electrons. The molecule has 0 aliphatic rings. The summed E-state index contributed by atoms with van der Waals surface area (Å²) in [5.74, 6) is 0.599. The third kappa shape index (κ3) is 4.43. The molecule has 0 saturated carbocycles. The highest BCUT2D eigenvalue weighted by Gasteiger charge is 2.08. The zero-order chi connectivity index (χ0) is 18.5. The lowest BCUT2D eigenvalue weighted by Crippen LogP contribution is -2.23. The van der Waals surface area contributed by atoms with Crippen LogP contribution in [0.3, 0.4) is 0 Å². The van der Waals surface area contributed by atoms with E-state index in [1.165, 1.54) is 0 Å². The van der Waals surface area contributed by atoms with Crippen molar-refractivity contribution in [2.75, 3.05) is 0 Å². The van der Waals surface area contributed by atoms with Gasteiger partial charge in [-0.05, 0) is 42.8 Å². The van der Waals surface area contributed by atoms with Gasteiger partial charge in [0.25, 0.3) is 5.91 Å². The van der Waals surface area contributed by atoms with Gasteiger partial charge in [0.05, 0.1) is 6.20 Å². The second kappa shape index (κ2) is 8.06. The summed E-state index contributed by atoms with van der Waals surface area (Å²) in [4.78, 5) is 12.3. The van der Waals surface area contributed by atoms with Crippen molar-refractivity contribution in [3.05, 3.63) is 82.1 Å². The molecule has 5 nitrogen and oxygen atoms in total. The normalized spacial score (nSPS) is 10.6. The SMILES string of the molecule is Cc1c(CNC(=O)c2ccc(COc3cccc(Cl)c3)cc2)cnn1C. The highest BCUT2D eigenvalue weighted by atomic mass is 35.5. The molecule has 2 aromatic carbocycles. The first-order chi connectivity index (χ1) is 12.5. The number of hydrogen-bond acceptors (Lipinski definition) is 3. The van der Waals surface area contributed by atoms with Gasteiger partial charge in [0.2, 0.25) is 0 Å². The van der Waals surface area contributed by atoms with Crippen molar-refractivity contribution in [3.63, 3.8) is 0 Å². The van der Waals surface area contributed by atoms with Crippen LogP contribution in [0.15, 0.2) is 54.7 Å². The fraction of sp³-hybridized carbons (Fsp3) is 0.200. The lowest BCUT2D eigenvalue weighted by Gasteiger charge is -2.08. The molecule has 0 atom stereocenters. The first-order valence-corrected chi connectivity index (χ1v) is 8.63. The summed E-state index contributed by atoms with van der Waals surface area (Å²) in [5.41, 5.74) is 3.63. The number of nitrogens with one attached hydrogen (secondary N) is 1. The standard InChI is InChI=1S/C20H20ClN3O2/c1-14-17(12-23-24(14)2)11-22-20(25)16-8-6-15(7-9-16)13-26-19-5-3-4-18(21)10-19/h3-10,12H,11,13H2,1-2H3,(H,22,25). The molecule has 1 amide bonds. The molecule has 0 aliphatic carbocycles. The van der Waals surface area contributed by atoms with Gasteiger partial charge in [-0.1, -0.05) is 29.8 Å². The van der Waals surface area contributed by atoms with Crippen LogP contribution in [0.4, 0.5) is 0 Å². The number of aryl methyl sites for hydroxylation is 1. The van der Waals surface area contributed by atoms with Gasteiger partial charge in [0.1, 0.15) is 12.4 Å². The number of amides is 1. The zero-order valence-corrected chi connectivity index (χ0v) is 15.5. The van der Waals surface area contributed by atoms with E-state index in [0.29, 0.717) is 29.5 Å². The molecule has 0 saturated heterocycles. The molecule has 1 heterocycles. The fourth-order valence-corrected chi connectivity index (χ4v) is 2.65. The van der Waals surface area contributed by atoms with Gasteiger partial charge in [-0.15, -0.1) is 0 Å². The first kappa shape index (κ1) is 18.0. The minimum atomic E-state index is -0.115. The Balaban J connectivity index is 1.54. The van der Waals surface area contributed by atoms with Gasteiger partial charge < -0.3 is 10.1 Å². The lowest BCUT2D eigenvalue weighted by molar-refractivity contribution is 0.0951. The molecule has 1 aromatic heterocycles. The van der Waals surface area contributed by atoms with E-state index < -0.39 is 0 Å². The lowest BCUT2D eigenvalue weighted by atomic mass is 10.1. The first-order valence-electron chi connectivity index (χ1n) is 8.26. The van der Waals surface area contributed by atoms with Gasteiger partial charge in [-0.25, -0.2) is 0 Å². The molecule has 134 valence electrons. The molecule has 26 heavy (non-hydrogen) atoms. The Morgan fingerprint density at radius 2 is 2.00 bits per heavy atom. The predicted molar refractivity (Wildman–Crippen MR) is 101 cm³/mol. The van der Waals surface area contributed by atoms with Crippen molar-refractivity contribution in [1.29, 1.82) is 0 Å². The number of ether oxygens (including phenoxy) is 1. The summed E-state index contributed by atoms with van der Waals surface area (Å²) >= 11 is 5.94. The third-order valence-electron chi connectivity index (χ3n) is 4.19. The summed E-state index contributed by atoms with van der Waals surface area (Å²) in [6, 6.07) is 14.6. The van der Waals surface area contributed by atoms with Gasteiger partial charge in [0.15, 0.2) is 0 Å². The van der Waals surface area contributed by atoms with E-state index in [0.717, 1.165) is 16.8 Å². The Bertz CT molecular complexity index is 904. The van der Waals surface area contributed by atoms with Crippen LogP contribution in [0.1, 0.15) is 27.2 Å². The third-order valence-corrected chi connectivity index (χ3v) is 4.43. The van der Waals surface area contributed by atoms with Crippen LogP contribution in [0.5, 0.6) is 5.75 Å².